The number of aromatic amines is 1. The number of sulfonamides is 1. The van der Waals surface area contributed by atoms with Crippen molar-refractivity contribution in [3.63, 3.8) is 0 Å². The summed E-state index contributed by atoms with van der Waals surface area (Å²) in [7, 11) is -2.30. The van der Waals surface area contributed by atoms with Gasteiger partial charge in [-0.25, -0.2) is 13.4 Å². The number of nitriles is 1. The minimum absolute atomic E-state index is 0.0424. The summed E-state index contributed by atoms with van der Waals surface area (Å²) in [6, 6.07) is 29.0. The summed E-state index contributed by atoms with van der Waals surface area (Å²) in [6.45, 7) is 1.48. The van der Waals surface area contributed by atoms with Crippen LogP contribution >= 0.6 is 0 Å². The number of benzene rings is 4. The quantitative estimate of drug-likeness (QED) is 0.218. The predicted molar refractivity (Wildman–Crippen MR) is 159 cm³/mol. The number of anilines is 2. The van der Waals surface area contributed by atoms with Gasteiger partial charge in [0.2, 0.25) is 5.91 Å². The van der Waals surface area contributed by atoms with Crippen molar-refractivity contribution in [2.45, 2.75) is 11.8 Å². The zero-order valence-electron chi connectivity index (χ0n) is 22.2. The van der Waals surface area contributed by atoms with Crippen LogP contribution in [0.15, 0.2) is 107 Å². The molecule has 0 aliphatic carbocycles. The number of amides is 1. The molecule has 1 heterocycles. The Morgan fingerprint density at radius 2 is 1.71 bits per heavy atom. The van der Waals surface area contributed by atoms with Gasteiger partial charge in [0.1, 0.15) is 0 Å². The molecule has 204 valence electrons. The minimum atomic E-state index is -3.99. The lowest BCUT2D eigenvalue weighted by Crippen LogP contribution is -2.22. The molecule has 0 atom stereocenters. The molecule has 0 saturated carbocycles. The Labute approximate surface area is 237 Å². The molecule has 0 saturated heterocycles. The first-order chi connectivity index (χ1) is 19.7. The number of H-pyrrole nitrogens is 1. The number of aromatic nitrogens is 1. The molecule has 4 aromatic carbocycles. The van der Waals surface area contributed by atoms with E-state index in [1.54, 1.807) is 49.5 Å². The van der Waals surface area contributed by atoms with E-state index in [-0.39, 0.29) is 27.9 Å². The number of hydrogen-bond donors (Lipinski definition) is 3. The van der Waals surface area contributed by atoms with Gasteiger partial charge in [-0.1, -0.05) is 36.4 Å². The van der Waals surface area contributed by atoms with Crippen molar-refractivity contribution in [1.82, 2.24) is 4.98 Å². The van der Waals surface area contributed by atoms with E-state index >= 15 is 0 Å². The smallest absolute Gasteiger partial charge is 0.261 e. The number of fused-ring (bicyclic) bond motifs is 1. The third kappa shape index (κ3) is 5.66. The van der Waals surface area contributed by atoms with Crippen LogP contribution in [0.25, 0.3) is 10.9 Å². The van der Waals surface area contributed by atoms with Crippen LogP contribution in [0.3, 0.4) is 0 Å². The number of nitrogens with one attached hydrogen (secondary N) is 2. The molecule has 5 aromatic rings. The molecule has 0 radical (unpaired) electrons. The third-order valence-electron chi connectivity index (χ3n) is 6.54. The highest BCUT2D eigenvalue weighted by Crippen LogP contribution is 2.34. The van der Waals surface area contributed by atoms with Gasteiger partial charge in [0, 0.05) is 41.8 Å². The Hall–Kier alpha value is -5.40. The van der Waals surface area contributed by atoms with Crippen molar-refractivity contribution in [1.29, 1.82) is 5.26 Å². The van der Waals surface area contributed by atoms with Crippen LogP contribution in [0.5, 0.6) is 5.88 Å². The lowest BCUT2D eigenvalue weighted by molar-refractivity contribution is -0.116. The van der Waals surface area contributed by atoms with Crippen LogP contribution in [0, 0.1) is 11.3 Å². The van der Waals surface area contributed by atoms with Gasteiger partial charge in [0.25, 0.3) is 10.0 Å². The topological polar surface area (TPSA) is 139 Å². The van der Waals surface area contributed by atoms with Crippen LogP contribution in [0.1, 0.15) is 23.6 Å². The number of rotatable bonds is 7. The fourth-order valence-corrected chi connectivity index (χ4v) is 5.45. The van der Waals surface area contributed by atoms with Crippen molar-refractivity contribution in [2.75, 3.05) is 16.7 Å². The second kappa shape index (κ2) is 11.0. The molecular weight excluding hydrogens is 538 g/mol. The largest absolute Gasteiger partial charge is 0.494 e. The minimum Gasteiger partial charge on any atom is -0.494 e. The van der Waals surface area contributed by atoms with E-state index in [2.05, 4.69) is 9.71 Å². The van der Waals surface area contributed by atoms with Crippen LogP contribution < -0.4 is 9.62 Å². The van der Waals surface area contributed by atoms with Gasteiger partial charge in [-0.3, -0.25) is 9.52 Å². The number of aliphatic imine (C=N–C) groups is 1. The SMILES string of the molecule is CC(=O)N(C)c1ccc(N=C(c2ccccc2)c2c(O)[nH]c3ccc(NS(=O)(=O)c4cccc(C#N)c4)cc23)cc1. The predicted octanol–water partition coefficient (Wildman–Crippen LogP) is 5.70. The molecule has 41 heavy (non-hydrogen) atoms. The van der Waals surface area contributed by atoms with Crippen molar-refractivity contribution >= 4 is 49.6 Å². The third-order valence-corrected chi connectivity index (χ3v) is 7.92. The van der Waals surface area contributed by atoms with Crippen molar-refractivity contribution in [2.24, 2.45) is 4.99 Å². The maximum Gasteiger partial charge on any atom is 0.261 e. The summed E-state index contributed by atoms with van der Waals surface area (Å²) in [5.41, 5.74) is 3.96. The van der Waals surface area contributed by atoms with E-state index in [9.17, 15) is 18.3 Å². The Morgan fingerprint density at radius 1 is 0.976 bits per heavy atom. The molecule has 0 unspecified atom stereocenters. The Morgan fingerprint density at radius 3 is 2.39 bits per heavy atom. The summed E-state index contributed by atoms with van der Waals surface area (Å²) >= 11 is 0. The van der Waals surface area contributed by atoms with E-state index in [0.717, 1.165) is 5.56 Å². The fourth-order valence-electron chi connectivity index (χ4n) is 4.35. The van der Waals surface area contributed by atoms with Crippen LogP contribution in [0.2, 0.25) is 0 Å². The summed E-state index contributed by atoms with van der Waals surface area (Å²) < 4.78 is 28.7. The van der Waals surface area contributed by atoms with E-state index in [0.29, 0.717) is 33.6 Å². The standard InChI is InChI=1S/C31H25N5O4S/c1-20(37)36(2)25-14-11-23(12-15-25)33-30(22-8-4-3-5-9-22)29-27-18-24(13-16-28(27)34-31(29)38)35-41(39,40)26-10-6-7-21(17-26)19-32/h3-18,34-35,38H,1-2H3. The zero-order valence-corrected chi connectivity index (χ0v) is 23.0. The maximum absolute atomic E-state index is 13.1. The first-order valence-electron chi connectivity index (χ1n) is 12.5. The molecule has 0 fully saturated rings. The molecule has 1 amide bonds. The van der Waals surface area contributed by atoms with Gasteiger partial charge in [0.05, 0.1) is 33.5 Å². The number of carbonyl (C=O) groups excluding carboxylic acids is 1. The molecule has 0 aliphatic rings. The highest BCUT2D eigenvalue weighted by molar-refractivity contribution is 7.92. The second-order valence-electron chi connectivity index (χ2n) is 9.27. The van der Waals surface area contributed by atoms with Crippen LogP contribution in [-0.4, -0.2) is 37.2 Å². The van der Waals surface area contributed by atoms with E-state index in [1.165, 1.54) is 36.1 Å². The van der Waals surface area contributed by atoms with Crippen LogP contribution in [-0.2, 0) is 14.8 Å². The number of carbonyl (C=O) groups is 1. The monoisotopic (exact) mass is 563 g/mol. The van der Waals surface area contributed by atoms with E-state index in [4.69, 9.17) is 10.3 Å². The van der Waals surface area contributed by atoms with Crippen molar-refractivity contribution in [3.8, 4) is 11.9 Å². The summed E-state index contributed by atoms with van der Waals surface area (Å²) in [6.07, 6.45) is 0. The molecule has 10 heteroatoms. The number of aromatic hydroxyl groups is 1. The summed E-state index contributed by atoms with van der Waals surface area (Å²) in [5.74, 6) is -0.226. The Kier molecular flexibility index (Phi) is 7.29. The second-order valence-corrected chi connectivity index (χ2v) is 11.0. The average molecular weight is 564 g/mol. The fraction of sp³-hybridized carbons (Fsp3) is 0.0645. The van der Waals surface area contributed by atoms with E-state index < -0.39 is 10.0 Å². The first kappa shape index (κ1) is 27.2. The lowest BCUT2D eigenvalue weighted by atomic mass is 10.0. The van der Waals surface area contributed by atoms with Crippen molar-refractivity contribution in [3.05, 3.63) is 114 Å². The molecular formula is C31H25N5O4S. The summed E-state index contributed by atoms with van der Waals surface area (Å²) in [5, 5.41) is 20.7. The zero-order chi connectivity index (χ0) is 29.1. The molecule has 5 rings (SSSR count). The van der Waals surface area contributed by atoms with Gasteiger partial charge in [-0.2, -0.15) is 5.26 Å². The highest BCUT2D eigenvalue weighted by atomic mass is 32.2. The van der Waals surface area contributed by atoms with Gasteiger partial charge < -0.3 is 15.0 Å². The first-order valence-corrected chi connectivity index (χ1v) is 14.0. The van der Waals surface area contributed by atoms with Crippen LogP contribution in [0.4, 0.5) is 17.1 Å². The van der Waals surface area contributed by atoms with Gasteiger partial charge in [-0.15, -0.1) is 0 Å². The van der Waals surface area contributed by atoms with E-state index in [1.807, 2.05) is 36.4 Å². The molecule has 1 aromatic heterocycles. The molecule has 0 bridgehead atoms. The lowest BCUT2D eigenvalue weighted by Gasteiger charge is -2.15. The summed E-state index contributed by atoms with van der Waals surface area (Å²) in [4.78, 5) is 21.0. The number of hydrogen-bond acceptors (Lipinski definition) is 6. The molecule has 0 aliphatic heterocycles. The molecule has 3 N–H and O–H groups in total. The highest BCUT2D eigenvalue weighted by Gasteiger charge is 2.21. The Bertz CT molecular complexity index is 1940. The van der Waals surface area contributed by atoms with Gasteiger partial charge in [0.15, 0.2) is 5.88 Å². The molecule has 9 nitrogen and oxygen atoms in total. The Balaban J connectivity index is 1.60. The van der Waals surface area contributed by atoms with Gasteiger partial charge in [-0.05, 0) is 60.7 Å². The maximum atomic E-state index is 13.1. The average Bonchev–Trinajstić information content (AvgIpc) is 3.30. The normalized spacial score (nSPS) is 11.7. The van der Waals surface area contributed by atoms with Crippen molar-refractivity contribution < 1.29 is 18.3 Å². The van der Waals surface area contributed by atoms with Gasteiger partial charge >= 0.3 is 0 Å². The molecule has 0 spiro atoms. The number of nitrogens with zero attached hydrogens (tertiary/aromatic N) is 3.